The quantitative estimate of drug-likeness (QED) is 0.326. The number of anilines is 1. The lowest BCUT2D eigenvalue weighted by molar-refractivity contribution is -0.926. The van der Waals surface area contributed by atoms with Gasteiger partial charge in [0.25, 0.3) is 0 Å². The van der Waals surface area contributed by atoms with Crippen molar-refractivity contribution in [2.45, 2.75) is 31.7 Å². The summed E-state index contributed by atoms with van der Waals surface area (Å²) in [6.45, 7) is 3.99. The molecule has 5 aromatic rings. The minimum atomic E-state index is 0.265. The van der Waals surface area contributed by atoms with Gasteiger partial charge in [-0.1, -0.05) is 66.2 Å². The summed E-state index contributed by atoms with van der Waals surface area (Å²) in [5.74, 6) is 1.29. The van der Waals surface area contributed by atoms with Gasteiger partial charge in [0.1, 0.15) is 54.9 Å². The molecule has 0 radical (unpaired) electrons. The molecule has 39 heavy (non-hydrogen) atoms. The van der Waals surface area contributed by atoms with Crippen LogP contribution in [-0.2, 0) is 12.8 Å². The van der Waals surface area contributed by atoms with E-state index >= 15 is 0 Å². The van der Waals surface area contributed by atoms with Crippen LogP contribution in [0, 0.1) is 11.3 Å². The number of fused-ring (bicyclic) bond motifs is 4. The van der Waals surface area contributed by atoms with Gasteiger partial charge in [0.15, 0.2) is 0 Å². The largest absolute Gasteiger partial charge is 0.320 e. The summed E-state index contributed by atoms with van der Waals surface area (Å²) in [7, 11) is 0. The van der Waals surface area contributed by atoms with Crippen LogP contribution in [0.4, 0.5) is 5.82 Å². The van der Waals surface area contributed by atoms with Crippen molar-refractivity contribution in [1.29, 1.82) is 5.26 Å². The maximum absolute atomic E-state index is 10.2. The number of nitriles is 1. The summed E-state index contributed by atoms with van der Waals surface area (Å²) in [6, 6.07) is 30.5. The van der Waals surface area contributed by atoms with Gasteiger partial charge in [-0.3, -0.25) is 9.88 Å². The highest BCUT2D eigenvalue weighted by molar-refractivity contribution is 6.30. The molecule has 1 unspecified atom stereocenters. The number of nitrogens with zero attached hydrogens (tertiary/aromatic N) is 3. The predicted molar refractivity (Wildman–Crippen MR) is 155 cm³/mol. The van der Waals surface area contributed by atoms with E-state index in [4.69, 9.17) is 11.6 Å². The van der Waals surface area contributed by atoms with Gasteiger partial charge < -0.3 is 4.90 Å². The molecule has 0 saturated carbocycles. The van der Waals surface area contributed by atoms with Gasteiger partial charge in [0, 0.05) is 21.7 Å². The van der Waals surface area contributed by atoms with Crippen LogP contribution in [0.25, 0.3) is 16.7 Å². The van der Waals surface area contributed by atoms with Gasteiger partial charge in [-0.15, -0.1) is 0 Å². The zero-order chi connectivity index (χ0) is 26.3. The Morgan fingerprint density at radius 3 is 2.26 bits per heavy atom. The number of halogens is 1. The molecule has 1 aliphatic heterocycles. The number of piperazine rings is 1. The van der Waals surface area contributed by atoms with Gasteiger partial charge in [-0.05, 0) is 55.5 Å². The molecule has 1 saturated heterocycles. The Hall–Kier alpha value is -3.85. The van der Waals surface area contributed by atoms with Gasteiger partial charge in [-0.25, -0.2) is 0 Å². The first-order chi connectivity index (χ1) is 19.2. The van der Waals surface area contributed by atoms with Crippen molar-refractivity contribution in [2.24, 2.45) is 0 Å². The Kier molecular flexibility index (Phi) is 6.23. The fraction of sp³-hybridized carbons (Fsp3) is 0.273. The van der Waals surface area contributed by atoms with Crippen molar-refractivity contribution in [2.75, 3.05) is 31.1 Å². The number of imidazole rings is 1. The number of hydrogen-bond acceptors (Lipinski definition) is 2. The molecule has 1 fully saturated rings. The number of pyridine rings is 1. The van der Waals surface area contributed by atoms with E-state index < -0.39 is 0 Å². The Morgan fingerprint density at radius 2 is 1.51 bits per heavy atom. The van der Waals surface area contributed by atoms with Crippen LogP contribution in [0.2, 0.25) is 5.02 Å². The average molecular weight is 534 g/mol. The molecule has 1 atom stereocenters. The fourth-order valence-electron chi connectivity index (χ4n) is 6.89. The number of aromatic amines is 1. The van der Waals surface area contributed by atoms with E-state index in [0.29, 0.717) is 0 Å². The second-order valence-corrected chi connectivity index (χ2v) is 11.3. The third kappa shape index (κ3) is 4.16. The first-order valence-electron chi connectivity index (χ1n) is 14.0. The number of H-pyrrole nitrogens is 1. The van der Waals surface area contributed by atoms with Gasteiger partial charge >= 0.3 is 0 Å². The molecule has 3 aromatic carbocycles. The predicted octanol–water partition coefficient (Wildman–Crippen LogP) is 4.80. The number of benzene rings is 3. The number of quaternary nitrogens is 1. The molecular formula is C33H32ClN5+2. The van der Waals surface area contributed by atoms with Gasteiger partial charge in [0.2, 0.25) is 11.5 Å². The van der Waals surface area contributed by atoms with E-state index in [1.807, 2.05) is 12.1 Å². The Labute approximate surface area is 233 Å². The molecule has 6 heteroatoms. The van der Waals surface area contributed by atoms with Crippen LogP contribution < -0.4 is 14.2 Å². The van der Waals surface area contributed by atoms with E-state index in [-0.39, 0.29) is 6.04 Å². The van der Waals surface area contributed by atoms with Gasteiger partial charge in [-0.2, -0.15) is 9.66 Å². The summed E-state index contributed by atoms with van der Waals surface area (Å²) in [5.41, 5.74) is 9.25. The molecule has 2 aliphatic rings. The second kappa shape index (κ2) is 10.0. The van der Waals surface area contributed by atoms with Crippen molar-refractivity contribution >= 4 is 34.1 Å². The van der Waals surface area contributed by atoms with Crippen LogP contribution >= 0.6 is 11.6 Å². The average Bonchev–Trinajstić information content (AvgIpc) is 3.37. The molecule has 5 nitrogen and oxygen atoms in total. The molecule has 0 bridgehead atoms. The lowest BCUT2D eigenvalue weighted by Gasteiger charge is -2.36. The Bertz CT molecular complexity index is 1690. The monoisotopic (exact) mass is 533 g/mol. The molecule has 0 amide bonds. The molecule has 2 aromatic heterocycles. The fourth-order valence-corrected chi connectivity index (χ4v) is 7.02. The normalized spacial score (nSPS) is 16.8. The lowest BCUT2D eigenvalue weighted by Crippen LogP contribution is -3.15. The summed E-state index contributed by atoms with van der Waals surface area (Å²) >= 11 is 6.26. The van der Waals surface area contributed by atoms with Crippen molar-refractivity contribution in [1.82, 2.24) is 4.98 Å². The Morgan fingerprint density at radius 1 is 0.846 bits per heavy atom. The van der Waals surface area contributed by atoms with Crippen molar-refractivity contribution < 1.29 is 9.30 Å². The zero-order valence-electron chi connectivity index (χ0n) is 22.0. The van der Waals surface area contributed by atoms with E-state index in [0.717, 1.165) is 72.7 Å². The number of rotatable bonds is 4. The van der Waals surface area contributed by atoms with Crippen molar-refractivity contribution in [3.8, 4) is 6.07 Å². The second-order valence-electron chi connectivity index (χ2n) is 10.8. The topological polar surface area (TPSA) is 51.4 Å². The van der Waals surface area contributed by atoms with E-state index in [1.54, 1.807) is 4.90 Å². The SMILES string of the molecule is N#Cc1c2c(c(N3CC[NH+](C(c4ccccc4)c4ccc(Cl)cc4)CC3)[n+]3c1[nH]c1ccccc13)CCCC2. The van der Waals surface area contributed by atoms with Crippen LogP contribution in [0.1, 0.15) is 46.7 Å². The van der Waals surface area contributed by atoms with Crippen LogP contribution in [0.5, 0.6) is 0 Å². The van der Waals surface area contributed by atoms with Crippen LogP contribution in [0.3, 0.4) is 0 Å². The number of para-hydroxylation sites is 2. The number of aromatic nitrogens is 2. The van der Waals surface area contributed by atoms with Crippen LogP contribution in [0.15, 0.2) is 78.9 Å². The van der Waals surface area contributed by atoms with E-state index in [9.17, 15) is 5.26 Å². The first kappa shape index (κ1) is 24.2. The molecule has 2 N–H and O–H groups in total. The van der Waals surface area contributed by atoms with E-state index in [1.165, 1.54) is 34.5 Å². The first-order valence-corrected chi connectivity index (χ1v) is 14.4. The number of hydrogen-bond donors (Lipinski definition) is 2. The van der Waals surface area contributed by atoms with Gasteiger partial charge in [0.05, 0.1) is 0 Å². The minimum Gasteiger partial charge on any atom is -0.320 e. The third-order valence-electron chi connectivity index (χ3n) is 8.67. The smallest absolute Gasteiger partial charge is 0.250 e. The summed E-state index contributed by atoms with van der Waals surface area (Å²) in [6.07, 6.45) is 4.34. The van der Waals surface area contributed by atoms with E-state index in [2.05, 4.69) is 87.1 Å². The molecule has 7 rings (SSSR count). The highest BCUT2D eigenvalue weighted by Gasteiger charge is 2.37. The minimum absolute atomic E-state index is 0.265. The van der Waals surface area contributed by atoms with Crippen molar-refractivity contribution in [3.05, 3.63) is 112 Å². The highest BCUT2D eigenvalue weighted by Crippen LogP contribution is 2.33. The molecule has 0 spiro atoms. The lowest BCUT2D eigenvalue weighted by atomic mass is 9.88. The molecule has 3 heterocycles. The maximum Gasteiger partial charge on any atom is 0.250 e. The summed E-state index contributed by atoms with van der Waals surface area (Å²) in [4.78, 5) is 7.76. The zero-order valence-corrected chi connectivity index (χ0v) is 22.7. The summed E-state index contributed by atoms with van der Waals surface area (Å²) < 4.78 is 2.34. The standard InChI is InChI=1S/C33H30ClN5/c34-25-16-14-24(15-17-25)31(23-8-2-1-3-9-23)37-18-20-38(21-19-37)33-27-11-5-4-10-26(27)28(22-35)32-36-29-12-6-7-13-30(29)39(32)33/h1-3,6-9,12-17,31H,4-5,10-11,18-21H2/p+2. The Balaban J connectivity index is 1.30. The maximum atomic E-state index is 10.2. The summed E-state index contributed by atoms with van der Waals surface area (Å²) in [5, 5.41) is 11.0. The molecular weight excluding hydrogens is 502 g/mol. The highest BCUT2D eigenvalue weighted by atomic mass is 35.5. The van der Waals surface area contributed by atoms with Crippen LogP contribution in [-0.4, -0.2) is 31.2 Å². The number of nitrogens with one attached hydrogen (secondary N) is 2. The molecule has 194 valence electrons. The van der Waals surface area contributed by atoms with Crippen molar-refractivity contribution in [3.63, 3.8) is 0 Å². The molecule has 1 aliphatic carbocycles. The third-order valence-corrected chi connectivity index (χ3v) is 8.92.